The van der Waals surface area contributed by atoms with Gasteiger partial charge in [0.05, 0.1) is 17.0 Å². The highest BCUT2D eigenvalue weighted by molar-refractivity contribution is 9.10. The highest BCUT2D eigenvalue weighted by Gasteiger charge is 2.12. The maximum absolute atomic E-state index is 12.6. The van der Waals surface area contributed by atoms with Crippen molar-refractivity contribution in [2.45, 2.75) is 6.92 Å². The van der Waals surface area contributed by atoms with Crippen LogP contribution in [0.4, 0.5) is 5.69 Å². The second-order valence-corrected chi connectivity index (χ2v) is 6.68. The van der Waals surface area contributed by atoms with E-state index in [0.29, 0.717) is 22.7 Å². The molecule has 3 aromatic rings. The summed E-state index contributed by atoms with van der Waals surface area (Å²) in [5.74, 6) is 0.345. The first-order valence-electron chi connectivity index (χ1n) is 8.21. The monoisotopic (exact) mass is 421 g/mol. The number of carbonyl (C=O) groups excluding carboxylic acids is 1. The maximum atomic E-state index is 12.6. The van der Waals surface area contributed by atoms with E-state index >= 15 is 0 Å². The van der Waals surface area contributed by atoms with Gasteiger partial charge in [-0.2, -0.15) is 5.26 Å². The lowest BCUT2D eigenvalue weighted by Gasteiger charge is -2.10. The SMILES string of the molecule is Cc1nc(-c2cccc(Br)c2)ccc1C(=O)Nc1ccc(OCC#N)cc1. The number of aryl methyl sites for hydroxylation is 1. The van der Waals surface area contributed by atoms with Gasteiger partial charge in [0.25, 0.3) is 5.91 Å². The number of hydrogen-bond donors (Lipinski definition) is 1. The van der Waals surface area contributed by atoms with Crippen LogP contribution in [0, 0.1) is 18.3 Å². The molecule has 6 heteroatoms. The average molecular weight is 422 g/mol. The fourth-order valence-corrected chi connectivity index (χ4v) is 2.96. The molecule has 2 aromatic carbocycles. The van der Waals surface area contributed by atoms with Gasteiger partial charge in [0.15, 0.2) is 6.61 Å². The Hall–Kier alpha value is -3.17. The lowest BCUT2D eigenvalue weighted by molar-refractivity contribution is 0.102. The molecule has 0 saturated heterocycles. The third kappa shape index (κ3) is 4.72. The van der Waals surface area contributed by atoms with Crippen molar-refractivity contribution in [1.82, 2.24) is 4.98 Å². The van der Waals surface area contributed by atoms with Gasteiger partial charge < -0.3 is 10.1 Å². The fourth-order valence-electron chi connectivity index (χ4n) is 2.56. The minimum absolute atomic E-state index is 0.0130. The molecule has 0 saturated carbocycles. The summed E-state index contributed by atoms with van der Waals surface area (Å²) in [4.78, 5) is 17.1. The van der Waals surface area contributed by atoms with E-state index in [1.165, 1.54) is 0 Å². The molecular weight excluding hydrogens is 406 g/mol. The molecule has 0 unspecified atom stereocenters. The number of aromatic nitrogens is 1. The van der Waals surface area contributed by atoms with E-state index in [9.17, 15) is 4.79 Å². The Balaban J connectivity index is 1.74. The Morgan fingerprint density at radius 1 is 1.19 bits per heavy atom. The summed E-state index contributed by atoms with van der Waals surface area (Å²) in [6, 6.07) is 20.2. The van der Waals surface area contributed by atoms with E-state index in [-0.39, 0.29) is 12.5 Å². The molecule has 5 nitrogen and oxygen atoms in total. The topological polar surface area (TPSA) is 75.0 Å². The summed E-state index contributed by atoms with van der Waals surface area (Å²) in [6.45, 7) is 1.80. The van der Waals surface area contributed by atoms with Gasteiger partial charge in [0.1, 0.15) is 11.8 Å². The third-order valence-corrected chi connectivity index (χ3v) is 4.36. The Bertz CT molecular complexity index is 1010. The van der Waals surface area contributed by atoms with Crippen molar-refractivity contribution in [3.05, 3.63) is 76.4 Å². The lowest BCUT2D eigenvalue weighted by atomic mass is 10.1. The van der Waals surface area contributed by atoms with Crippen molar-refractivity contribution in [3.8, 4) is 23.1 Å². The van der Waals surface area contributed by atoms with E-state index in [1.807, 2.05) is 43.3 Å². The molecule has 0 aliphatic carbocycles. The molecule has 0 bridgehead atoms. The summed E-state index contributed by atoms with van der Waals surface area (Å²) >= 11 is 3.45. The van der Waals surface area contributed by atoms with Crippen LogP contribution in [0.2, 0.25) is 0 Å². The van der Waals surface area contributed by atoms with E-state index in [1.54, 1.807) is 30.3 Å². The van der Waals surface area contributed by atoms with Gasteiger partial charge in [-0.05, 0) is 55.5 Å². The number of pyridine rings is 1. The van der Waals surface area contributed by atoms with Crippen LogP contribution in [0.25, 0.3) is 11.3 Å². The van der Waals surface area contributed by atoms with E-state index in [2.05, 4.69) is 26.2 Å². The standard InChI is InChI=1S/C21H16BrN3O2/c1-14-19(9-10-20(24-14)15-3-2-4-16(22)13-15)21(26)25-17-5-7-18(8-6-17)27-12-11-23/h2-10,13H,12H2,1H3,(H,25,26). The van der Waals surface area contributed by atoms with Crippen LogP contribution in [0.1, 0.15) is 16.1 Å². The summed E-state index contributed by atoms with van der Waals surface area (Å²) in [7, 11) is 0. The van der Waals surface area contributed by atoms with E-state index < -0.39 is 0 Å². The molecule has 0 spiro atoms. The maximum Gasteiger partial charge on any atom is 0.257 e. The Labute approximate surface area is 165 Å². The molecule has 0 fully saturated rings. The van der Waals surface area contributed by atoms with Crippen LogP contribution in [0.15, 0.2) is 65.1 Å². The Kier molecular flexibility index (Phi) is 5.84. The summed E-state index contributed by atoms with van der Waals surface area (Å²) in [5.41, 5.74) is 3.59. The molecule has 3 rings (SSSR count). The van der Waals surface area contributed by atoms with Crippen LogP contribution < -0.4 is 10.1 Å². The summed E-state index contributed by atoms with van der Waals surface area (Å²) < 4.78 is 6.17. The zero-order chi connectivity index (χ0) is 19.2. The van der Waals surface area contributed by atoms with Crippen LogP contribution in [-0.4, -0.2) is 17.5 Å². The number of hydrogen-bond acceptors (Lipinski definition) is 4. The second kappa shape index (κ2) is 8.47. The van der Waals surface area contributed by atoms with Crippen LogP contribution in [0.3, 0.4) is 0 Å². The Morgan fingerprint density at radius 3 is 2.63 bits per heavy atom. The molecule has 1 N–H and O–H groups in total. The number of benzene rings is 2. The predicted molar refractivity (Wildman–Crippen MR) is 108 cm³/mol. The minimum atomic E-state index is -0.230. The first-order chi connectivity index (χ1) is 13.1. The van der Waals surface area contributed by atoms with Gasteiger partial charge in [0.2, 0.25) is 0 Å². The zero-order valence-corrected chi connectivity index (χ0v) is 16.2. The van der Waals surface area contributed by atoms with Gasteiger partial charge in [-0.3, -0.25) is 9.78 Å². The molecule has 0 aliphatic heterocycles. The van der Waals surface area contributed by atoms with Gasteiger partial charge >= 0.3 is 0 Å². The molecule has 0 atom stereocenters. The Morgan fingerprint density at radius 2 is 1.96 bits per heavy atom. The number of rotatable bonds is 5. The van der Waals surface area contributed by atoms with Gasteiger partial charge in [-0.15, -0.1) is 0 Å². The second-order valence-electron chi connectivity index (χ2n) is 5.77. The van der Waals surface area contributed by atoms with E-state index in [4.69, 9.17) is 10.00 Å². The first-order valence-corrected chi connectivity index (χ1v) is 9.01. The molecule has 1 aromatic heterocycles. The summed E-state index contributed by atoms with van der Waals surface area (Å²) in [5, 5.41) is 11.4. The fraction of sp³-hybridized carbons (Fsp3) is 0.0952. The molecule has 134 valence electrons. The number of ether oxygens (including phenoxy) is 1. The number of halogens is 1. The quantitative estimate of drug-likeness (QED) is 0.630. The zero-order valence-electron chi connectivity index (χ0n) is 14.6. The van der Waals surface area contributed by atoms with Crippen molar-refractivity contribution in [2.24, 2.45) is 0 Å². The number of nitriles is 1. The normalized spacial score (nSPS) is 10.1. The van der Waals surface area contributed by atoms with Crippen molar-refractivity contribution in [3.63, 3.8) is 0 Å². The highest BCUT2D eigenvalue weighted by atomic mass is 79.9. The molecule has 1 amide bonds. The third-order valence-electron chi connectivity index (χ3n) is 3.87. The minimum Gasteiger partial charge on any atom is -0.479 e. The molecule has 27 heavy (non-hydrogen) atoms. The van der Waals surface area contributed by atoms with Crippen molar-refractivity contribution >= 4 is 27.5 Å². The number of nitrogens with one attached hydrogen (secondary N) is 1. The van der Waals surface area contributed by atoms with Crippen LogP contribution in [0.5, 0.6) is 5.75 Å². The summed E-state index contributed by atoms with van der Waals surface area (Å²) in [6.07, 6.45) is 0. The van der Waals surface area contributed by atoms with Gasteiger partial charge in [0, 0.05) is 15.7 Å². The lowest BCUT2D eigenvalue weighted by Crippen LogP contribution is -2.14. The van der Waals surface area contributed by atoms with Crippen molar-refractivity contribution in [2.75, 3.05) is 11.9 Å². The predicted octanol–water partition coefficient (Wildman–Crippen LogP) is 4.97. The van der Waals surface area contributed by atoms with E-state index in [0.717, 1.165) is 15.7 Å². The largest absolute Gasteiger partial charge is 0.479 e. The van der Waals surface area contributed by atoms with Gasteiger partial charge in [-0.25, -0.2) is 0 Å². The van der Waals surface area contributed by atoms with Crippen molar-refractivity contribution < 1.29 is 9.53 Å². The molecule has 0 aliphatic rings. The average Bonchev–Trinajstić information content (AvgIpc) is 2.67. The number of carbonyl (C=O) groups is 1. The van der Waals surface area contributed by atoms with Crippen LogP contribution in [-0.2, 0) is 0 Å². The number of nitrogens with zero attached hydrogens (tertiary/aromatic N) is 2. The number of anilines is 1. The molecule has 0 radical (unpaired) electrons. The van der Waals surface area contributed by atoms with Crippen LogP contribution >= 0.6 is 15.9 Å². The highest BCUT2D eigenvalue weighted by Crippen LogP contribution is 2.23. The smallest absolute Gasteiger partial charge is 0.257 e. The molecule has 1 heterocycles. The number of amides is 1. The van der Waals surface area contributed by atoms with Crippen molar-refractivity contribution in [1.29, 1.82) is 5.26 Å². The first kappa shape index (κ1) is 18.6. The van der Waals surface area contributed by atoms with Gasteiger partial charge in [-0.1, -0.05) is 28.1 Å². The molecular formula is C21H16BrN3O2.